The number of oxime groups is 1. The van der Waals surface area contributed by atoms with Gasteiger partial charge in [-0.1, -0.05) is 53.7 Å². The fraction of sp³-hybridized carbons (Fsp3) is 0.321. The number of carbonyl (C=O) groups is 1. The van der Waals surface area contributed by atoms with Crippen molar-refractivity contribution in [2.45, 2.75) is 19.1 Å². The number of methoxy groups -OCH3 is 1. The van der Waals surface area contributed by atoms with Gasteiger partial charge in [0.2, 0.25) is 0 Å². The molecule has 8 nitrogen and oxygen atoms in total. The molecular formula is C28H30N2O6. The number of hydrogen-bond donors (Lipinski definition) is 0. The minimum absolute atomic E-state index is 0.152. The number of ether oxygens (including phenoxy) is 4. The molecule has 8 heteroatoms. The fourth-order valence-electron chi connectivity index (χ4n) is 3.77. The van der Waals surface area contributed by atoms with Crippen LogP contribution in [0.5, 0.6) is 5.75 Å². The third-order valence-electron chi connectivity index (χ3n) is 5.75. The molecule has 0 N–H and O–H groups in total. The Balaban J connectivity index is 1.24. The topological polar surface area (TPSA) is 88.5 Å². The molecule has 1 saturated heterocycles. The Labute approximate surface area is 210 Å². The summed E-state index contributed by atoms with van der Waals surface area (Å²) < 4.78 is 21.8. The van der Waals surface area contributed by atoms with Crippen molar-refractivity contribution in [3.8, 4) is 5.75 Å². The van der Waals surface area contributed by atoms with Crippen LogP contribution in [-0.4, -0.2) is 56.0 Å². The van der Waals surface area contributed by atoms with E-state index in [1.165, 1.54) is 7.11 Å². The van der Waals surface area contributed by atoms with Crippen LogP contribution in [-0.2, 0) is 30.3 Å². The lowest BCUT2D eigenvalue weighted by molar-refractivity contribution is -0.272. The molecule has 188 valence electrons. The number of hydrogen-bond acceptors (Lipinski definition) is 8. The first-order valence-corrected chi connectivity index (χ1v) is 11.8. The predicted molar refractivity (Wildman–Crippen MR) is 134 cm³/mol. The maximum atomic E-state index is 11.8. The summed E-state index contributed by atoms with van der Waals surface area (Å²) in [7, 11) is 1.32. The maximum absolute atomic E-state index is 11.8. The zero-order valence-electron chi connectivity index (χ0n) is 20.5. The van der Waals surface area contributed by atoms with Crippen molar-refractivity contribution in [3.63, 3.8) is 0 Å². The molecule has 36 heavy (non-hydrogen) atoms. The summed E-state index contributed by atoms with van der Waals surface area (Å²) in [5.74, 6) is -0.952. The summed E-state index contributed by atoms with van der Waals surface area (Å²) >= 11 is 0. The first-order chi connectivity index (χ1) is 17.6. The van der Waals surface area contributed by atoms with Crippen LogP contribution in [0.25, 0.3) is 0 Å². The molecule has 0 aliphatic carbocycles. The van der Waals surface area contributed by atoms with Crippen molar-refractivity contribution in [1.29, 1.82) is 0 Å². The van der Waals surface area contributed by atoms with Gasteiger partial charge in [-0.25, -0.2) is 4.79 Å². The molecule has 0 unspecified atom stereocenters. The van der Waals surface area contributed by atoms with Crippen molar-refractivity contribution < 1.29 is 28.6 Å². The van der Waals surface area contributed by atoms with Gasteiger partial charge in [-0.3, -0.25) is 4.98 Å². The third kappa shape index (κ3) is 6.68. The summed E-state index contributed by atoms with van der Waals surface area (Å²) in [4.78, 5) is 21.7. The maximum Gasteiger partial charge on any atom is 0.366 e. The van der Waals surface area contributed by atoms with Crippen LogP contribution in [0.3, 0.4) is 0 Å². The smallest absolute Gasteiger partial charge is 0.366 e. The highest BCUT2D eigenvalue weighted by atomic mass is 16.7. The summed E-state index contributed by atoms with van der Waals surface area (Å²) in [6.45, 7) is 3.07. The number of nitrogens with zero attached hydrogens (tertiary/aromatic N) is 2. The van der Waals surface area contributed by atoms with Crippen LogP contribution in [0.1, 0.15) is 23.7 Å². The van der Waals surface area contributed by atoms with E-state index in [9.17, 15) is 4.79 Å². The molecule has 0 radical (unpaired) electrons. The van der Waals surface area contributed by atoms with Crippen LogP contribution in [0, 0.1) is 5.92 Å². The molecular weight excluding hydrogens is 460 g/mol. The van der Waals surface area contributed by atoms with Crippen LogP contribution in [0.2, 0.25) is 0 Å². The summed E-state index contributed by atoms with van der Waals surface area (Å²) in [6, 6.07) is 23.3. The second-order valence-corrected chi connectivity index (χ2v) is 8.48. The van der Waals surface area contributed by atoms with Gasteiger partial charge in [0.05, 0.1) is 26.0 Å². The number of carbonyl (C=O) groups excluding carboxylic acids is 1. The molecule has 0 saturated carbocycles. The van der Waals surface area contributed by atoms with Crippen molar-refractivity contribution in [2.24, 2.45) is 11.1 Å². The van der Waals surface area contributed by atoms with Crippen LogP contribution in [0.4, 0.5) is 0 Å². The van der Waals surface area contributed by atoms with Crippen LogP contribution < -0.4 is 4.74 Å². The summed E-state index contributed by atoms with van der Waals surface area (Å²) in [6.07, 6.45) is 2.50. The van der Waals surface area contributed by atoms with E-state index in [0.717, 1.165) is 29.0 Å². The van der Waals surface area contributed by atoms with Gasteiger partial charge in [0.15, 0.2) is 6.61 Å². The molecule has 0 amide bonds. The Morgan fingerprint density at radius 2 is 1.72 bits per heavy atom. The number of esters is 1. The van der Waals surface area contributed by atoms with E-state index in [4.69, 9.17) is 23.8 Å². The molecule has 1 aliphatic rings. The molecule has 0 spiro atoms. The zero-order valence-corrected chi connectivity index (χ0v) is 20.5. The molecule has 1 fully saturated rings. The zero-order chi connectivity index (χ0) is 25.2. The minimum atomic E-state index is -1.32. The van der Waals surface area contributed by atoms with Gasteiger partial charge in [0, 0.05) is 24.6 Å². The molecule has 1 aromatic heterocycles. The fourth-order valence-corrected chi connectivity index (χ4v) is 3.77. The van der Waals surface area contributed by atoms with Crippen molar-refractivity contribution in [2.75, 3.05) is 33.5 Å². The van der Waals surface area contributed by atoms with E-state index in [1.54, 1.807) is 13.1 Å². The standard InChI is InChI=1S/C28H30N2O6/c1-28(27(31)32-2)34-19-22(20-35-28)18-21-11-13-24(14-12-21)33-16-17-36-30-26(23-8-4-3-5-9-23)25-10-6-7-15-29-25/h3-15,22H,16-20H2,1-2H3/b30-26-/t22-,28+. The second-order valence-electron chi connectivity index (χ2n) is 8.48. The number of aromatic nitrogens is 1. The SMILES string of the molecule is COC(=O)[C@]1(C)OC[C@H](Cc2ccc(OCCO/N=C(/c3ccccc3)c3ccccn3)cc2)CO1. The molecule has 2 aromatic carbocycles. The Bertz CT molecular complexity index is 1090. The Morgan fingerprint density at radius 1 is 1.00 bits per heavy atom. The highest BCUT2D eigenvalue weighted by Gasteiger charge is 2.41. The van der Waals surface area contributed by atoms with Gasteiger partial charge in [-0.05, 0) is 36.2 Å². The average Bonchev–Trinajstić information content (AvgIpc) is 2.93. The van der Waals surface area contributed by atoms with Gasteiger partial charge < -0.3 is 23.8 Å². The van der Waals surface area contributed by atoms with Crippen molar-refractivity contribution in [1.82, 2.24) is 4.98 Å². The molecule has 2 heterocycles. The molecule has 0 atom stereocenters. The minimum Gasteiger partial charge on any atom is -0.490 e. The number of pyridine rings is 1. The van der Waals surface area contributed by atoms with Gasteiger partial charge in [-0.2, -0.15) is 0 Å². The molecule has 4 rings (SSSR count). The van der Waals surface area contributed by atoms with Crippen molar-refractivity contribution >= 4 is 11.7 Å². The van der Waals surface area contributed by atoms with E-state index in [1.807, 2.05) is 72.8 Å². The van der Waals surface area contributed by atoms with Crippen molar-refractivity contribution in [3.05, 3.63) is 95.8 Å². The van der Waals surface area contributed by atoms with E-state index in [2.05, 4.69) is 10.1 Å². The van der Waals surface area contributed by atoms with Crippen LogP contribution >= 0.6 is 0 Å². The second kappa shape index (κ2) is 12.3. The summed E-state index contributed by atoms with van der Waals surface area (Å²) in [5, 5.41) is 4.32. The van der Waals surface area contributed by atoms with Gasteiger partial charge >= 0.3 is 5.97 Å². The first-order valence-electron chi connectivity index (χ1n) is 11.8. The van der Waals surface area contributed by atoms with E-state index < -0.39 is 11.8 Å². The molecule has 3 aromatic rings. The van der Waals surface area contributed by atoms with Gasteiger partial charge in [-0.15, -0.1) is 0 Å². The van der Waals surface area contributed by atoms with E-state index >= 15 is 0 Å². The highest BCUT2D eigenvalue weighted by Crippen LogP contribution is 2.25. The monoisotopic (exact) mass is 490 g/mol. The Hall–Kier alpha value is -3.75. The molecule has 1 aliphatic heterocycles. The largest absolute Gasteiger partial charge is 0.490 e. The van der Waals surface area contributed by atoms with E-state index in [0.29, 0.717) is 32.1 Å². The lowest BCUT2D eigenvalue weighted by Crippen LogP contribution is -2.48. The quantitative estimate of drug-likeness (QED) is 0.184. The normalized spacial score (nSPS) is 19.9. The first kappa shape index (κ1) is 25.3. The number of benzene rings is 2. The third-order valence-corrected chi connectivity index (χ3v) is 5.75. The van der Waals surface area contributed by atoms with Crippen LogP contribution in [0.15, 0.2) is 84.1 Å². The number of rotatable bonds is 10. The van der Waals surface area contributed by atoms with Gasteiger partial charge in [0.1, 0.15) is 18.1 Å². The average molecular weight is 491 g/mol. The molecule has 0 bridgehead atoms. The summed E-state index contributed by atoms with van der Waals surface area (Å²) in [5.41, 5.74) is 3.47. The highest BCUT2D eigenvalue weighted by molar-refractivity contribution is 6.11. The Morgan fingerprint density at radius 3 is 2.39 bits per heavy atom. The Kier molecular flexibility index (Phi) is 8.65. The predicted octanol–water partition coefficient (Wildman–Crippen LogP) is 4.02. The lowest BCUT2D eigenvalue weighted by atomic mass is 9.99. The van der Waals surface area contributed by atoms with E-state index in [-0.39, 0.29) is 5.92 Å². The van der Waals surface area contributed by atoms with Gasteiger partial charge in [0.25, 0.3) is 5.79 Å². The lowest BCUT2D eigenvalue weighted by Gasteiger charge is -2.35.